The smallest absolute Gasteiger partial charge is 0.107 e. The average molecular weight is 301 g/mol. The van der Waals surface area contributed by atoms with E-state index in [4.69, 9.17) is 10.7 Å². The normalized spacial score (nSPS) is 28.6. The summed E-state index contributed by atoms with van der Waals surface area (Å²) in [5, 5.41) is 2.70. The molecule has 1 saturated carbocycles. The molecule has 0 bridgehead atoms. The van der Waals surface area contributed by atoms with Gasteiger partial charge in [-0.05, 0) is 19.3 Å². The van der Waals surface area contributed by atoms with Crippen LogP contribution in [-0.4, -0.2) is 21.7 Å². The third-order valence-corrected chi connectivity index (χ3v) is 8.17. The lowest BCUT2D eigenvalue weighted by Crippen LogP contribution is -2.18. The van der Waals surface area contributed by atoms with Crippen molar-refractivity contribution in [3.8, 4) is 0 Å². The Labute approximate surface area is 122 Å². The molecule has 3 rings (SSSR count). The zero-order valence-corrected chi connectivity index (χ0v) is 13.2. The Morgan fingerprint density at radius 2 is 2.06 bits per heavy atom. The van der Waals surface area contributed by atoms with Crippen molar-refractivity contribution >= 4 is 34.9 Å². The van der Waals surface area contributed by atoms with Crippen molar-refractivity contribution in [2.24, 2.45) is 5.73 Å². The summed E-state index contributed by atoms with van der Waals surface area (Å²) in [6.45, 7) is 2.97. The van der Waals surface area contributed by atoms with Gasteiger partial charge < -0.3 is 5.73 Å². The molecule has 2 fully saturated rings. The van der Waals surface area contributed by atoms with E-state index in [9.17, 15) is 0 Å². The van der Waals surface area contributed by atoms with Crippen molar-refractivity contribution < 1.29 is 0 Å². The first-order valence-corrected chi connectivity index (χ1v) is 9.67. The number of rotatable bonds is 4. The van der Waals surface area contributed by atoms with E-state index in [0.29, 0.717) is 11.8 Å². The molecule has 5 heteroatoms. The highest BCUT2D eigenvalue weighted by Gasteiger charge is 2.33. The molecule has 2 unspecified atom stereocenters. The Morgan fingerprint density at radius 1 is 1.28 bits per heavy atom. The second kappa shape index (κ2) is 5.73. The van der Waals surface area contributed by atoms with E-state index in [1.165, 1.54) is 46.3 Å². The minimum atomic E-state index is 0.608. The molecule has 0 aromatic carbocycles. The molecule has 18 heavy (non-hydrogen) atoms. The number of hydrogen-bond acceptors (Lipinski definition) is 5. The lowest BCUT2D eigenvalue weighted by atomic mass is 10.2. The maximum Gasteiger partial charge on any atom is 0.107 e. The van der Waals surface area contributed by atoms with E-state index in [0.717, 1.165) is 11.2 Å². The molecule has 1 saturated heterocycles. The van der Waals surface area contributed by atoms with Gasteiger partial charge in [-0.1, -0.05) is 6.92 Å². The lowest BCUT2D eigenvalue weighted by Gasteiger charge is -2.28. The molecule has 1 aromatic heterocycles. The van der Waals surface area contributed by atoms with E-state index in [1.54, 1.807) is 0 Å². The number of nitrogens with two attached hydrogens (primary N) is 1. The molecule has 0 amide bonds. The van der Waals surface area contributed by atoms with Gasteiger partial charge >= 0.3 is 0 Å². The van der Waals surface area contributed by atoms with E-state index in [2.05, 4.69) is 30.4 Å². The van der Waals surface area contributed by atoms with Crippen LogP contribution in [0.3, 0.4) is 0 Å². The highest BCUT2D eigenvalue weighted by Crippen LogP contribution is 2.48. The van der Waals surface area contributed by atoms with E-state index in [-0.39, 0.29) is 0 Å². The first-order valence-electron chi connectivity index (χ1n) is 6.76. The predicted octanol–water partition coefficient (Wildman–Crippen LogP) is 3.78. The number of thiazole rings is 1. The average Bonchev–Trinajstić information content (AvgIpc) is 3.18. The van der Waals surface area contributed by atoms with Crippen molar-refractivity contribution in [1.29, 1.82) is 0 Å². The quantitative estimate of drug-likeness (QED) is 0.918. The van der Waals surface area contributed by atoms with E-state index in [1.807, 2.05) is 11.3 Å². The van der Waals surface area contributed by atoms with Crippen molar-refractivity contribution in [1.82, 2.24) is 4.98 Å². The number of hydrogen-bond donors (Lipinski definition) is 1. The third-order valence-electron chi connectivity index (χ3n) is 3.59. The van der Waals surface area contributed by atoms with E-state index >= 15 is 0 Å². The third kappa shape index (κ3) is 2.60. The molecule has 2 heterocycles. The van der Waals surface area contributed by atoms with Crippen LogP contribution in [0.2, 0.25) is 0 Å². The largest absolute Gasteiger partial charge is 0.326 e. The summed E-state index contributed by atoms with van der Waals surface area (Å²) >= 11 is 6.11. The zero-order valence-electron chi connectivity index (χ0n) is 10.7. The highest BCUT2D eigenvalue weighted by atomic mass is 32.2. The van der Waals surface area contributed by atoms with Crippen LogP contribution < -0.4 is 5.73 Å². The fraction of sp³-hybridized carbons (Fsp3) is 0.769. The van der Waals surface area contributed by atoms with Gasteiger partial charge in [0.1, 0.15) is 5.01 Å². The van der Waals surface area contributed by atoms with Gasteiger partial charge in [0.25, 0.3) is 0 Å². The topological polar surface area (TPSA) is 38.9 Å². The van der Waals surface area contributed by atoms with Crippen LogP contribution in [-0.2, 0) is 6.54 Å². The van der Waals surface area contributed by atoms with Crippen LogP contribution in [0.25, 0.3) is 0 Å². The van der Waals surface area contributed by atoms with Crippen LogP contribution in [0.1, 0.15) is 52.9 Å². The van der Waals surface area contributed by atoms with Crippen molar-refractivity contribution in [2.45, 2.75) is 49.1 Å². The van der Waals surface area contributed by atoms with Crippen molar-refractivity contribution in [2.75, 3.05) is 11.5 Å². The Hall–Kier alpha value is 0.290. The maximum atomic E-state index is 5.88. The van der Waals surface area contributed by atoms with Crippen molar-refractivity contribution in [3.05, 3.63) is 15.6 Å². The van der Waals surface area contributed by atoms with Gasteiger partial charge in [0.15, 0.2) is 0 Å². The Morgan fingerprint density at radius 3 is 2.72 bits per heavy atom. The second-order valence-electron chi connectivity index (χ2n) is 4.95. The fourth-order valence-electron chi connectivity index (χ4n) is 2.46. The molecule has 1 aromatic rings. The molecule has 2 atom stereocenters. The molecule has 100 valence electrons. The number of nitrogens with zero attached hydrogens (tertiary/aromatic N) is 1. The predicted molar refractivity (Wildman–Crippen MR) is 83.7 cm³/mol. The SMILES string of the molecule is CCC1SCCSC1c1nc(C2CC2)c(CN)s1. The molecule has 0 spiro atoms. The van der Waals surface area contributed by atoms with Crippen molar-refractivity contribution in [3.63, 3.8) is 0 Å². The van der Waals surface area contributed by atoms with Crippen LogP contribution in [0.4, 0.5) is 0 Å². The highest BCUT2D eigenvalue weighted by molar-refractivity contribution is 8.06. The van der Waals surface area contributed by atoms with Gasteiger partial charge in [0.05, 0.1) is 10.9 Å². The molecule has 2 aliphatic rings. The summed E-state index contributed by atoms with van der Waals surface area (Å²) < 4.78 is 0. The number of thioether (sulfide) groups is 2. The summed E-state index contributed by atoms with van der Waals surface area (Å²) in [6.07, 6.45) is 3.89. The van der Waals surface area contributed by atoms with Crippen LogP contribution >= 0.6 is 34.9 Å². The summed E-state index contributed by atoms with van der Waals surface area (Å²) in [4.78, 5) is 6.32. The van der Waals surface area contributed by atoms with Gasteiger partial charge in [-0.3, -0.25) is 0 Å². The van der Waals surface area contributed by atoms with Gasteiger partial charge in [0.2, 0.25) is 0 Å². The molecule has 2 nitrogen and oxygen atoms in total. The van der Waals surface area contributed by atoms with E-state index < -0.39 is 0 Å². The standard InChI is InChI=1S/C13H20N2S3/c1-2-9-12(17-6-5-16-9)13-15-11(8-3-4-8)10(7-14)18-13/h8-9,12H,2-7,14H2,1H3. The molecule has 1 aliphatic carbocycles. The summed E-state index contributed by atoms with van der Waals surface area (Å²) in [6, 6.07) is 0. The Balaban J connectivity index is 1.85. The Bertz CT molecular complexity index is 414. The summed E-state index contributed by atoms with van der Waals surface area (Å²) in [5.41, 5.74) is 7.22. The van der Waals surface area contributed by atoms with Gasteiger partial charge in [0, 0.05) is 34.1 Å². The molecular weight excluding hydrogens is 280 g/mol. The van der Waals surface area contributed by atoms with Crippen LogP contribution in [0, 0.1) is 0 Å². The fourth-order valence-corrected chi connectivity index (χ4v) is 6.91. The van der Waals surface area contributed by atoms with Crippen LogP contribution in [0.15, 0.2) is 0 Å². The monoisotopic (exact) mass is 300 g/mol. The summed E-state index contributed by atoms with van der Waals surface area (Å²) in [7, 11) is 0. The van der Waals surface area contributed by atoms with Gasteiger partial charge in [-0.2, -0.15) is 11.8 Å². The lowest BCUT2D eigenvalue weighted by molar-refractivity contribution is 0.783. The second-order valence-corrected chi connectivity index (χ2v) is 8.66. The molecule has 0 radical (unpaired) electrons. The molecular formula is C13H20N2S3. The first kappa shape index (κ1) is 13.3. The van der Waals surface area contributed by atoms with Gasteiger partial charge in [-0.25, -0.2) is 4.98 Å². The molecule has 1 aliphatic heterocycles. The van der Waals surface area contributed by atoms with Crippen LogP contribution in [0.5, 0.6) is 0 Å². The Kier molecular flexibility index (Phi) is 4.23. The first-order chi connectivity index (χ1) is 8.83. The molecule has 2 N–H and O–H groups in total. The maximum absolute atomic E-state index is 5.88. The summed E-state index contributed by atoms with van der Waals surface area (Å²) in [5.74, 6) is 3.29. The van der Waals surface area contributed by atoms with Gasteiger partial charge in [-0.15, -0.1) is 23.1 Å². The number of aromatic nitrogens is 1. The zero-order chi connectivity index (χ0) is 12.5. The minimum absolute atomic E-state index is 0.608. The minimum Gasteiger partial charge on any atom is -0.326 e.